The Morgan fingerprint density at radius 2 is 1.96 bits per heavy atom. The number of aliphatic hydroxyl groups is 1. The van der Waals surface area contributed by atoms with Crippen LogP contribution in [0.3, 0.4) is 0 Å². The highest BCUT2D eigenvalue weighted by atomic mass is 19.1. The van der Waals surface area contributed by atoms with Gasteiger partial charge in [-0.1, -0.05) is 35.5 Å². The molecule has 0 radical (unpaired) electrons. The van der Waals surface area contributed by atoms with Crippen molar-refractivity contribution >= 4 is 5.69 Å². The molecule has 1 aromatic heterocycles. The van der Waals surface area contributed by atoms with Gasteiger partial charge in [-0.05, 0) is 30.7 Å². The summed E-state index contributed by atoms with van der Waals surface area (Å²) in [6, 6.07) is 14.5. The summed E-state index contributed by atoms with van der Waals surface area (Å²) in [5.74, 6) is 0.453. The van der Waals surface area contributed by atoms with E-state index in [2.05, 4.69) is 10.1 Å². The predicted molar refractivity (Wildman–Crippen MR) is 89.0 cm³/mol. The highest BCUT2D eigenvalue weighted by Crippen LogP contribution is 2.21. The van der Waals surface area contributed by atoms with Crippen molar-refractivity contribution in [3.05, 3.63) is 65.8 Å². The molecule has 24 heavy (non-hydrogen) atoms. The number of aryl methyl sites for hydroxylation is 1. The standard InChI is InChI=1S/C18H18FN3O2/c1-13-7-8-14(11-16(13)19)18-20-17(24-21-18)12-22(9-10-23)15-5-3-2-4-6-15/h2-8,11,23H,9-10,12H2,1H3. The van der Waals surface area contributed by atoms with E-state index in [1.165, 1.54) is 6.07 Å². The van der Waals surface area contributed by atoms with Crippen LogP contribution < -0.4 is 4.90 Å². The fourth-order valence-corrected chi connectivity index (χ4v) is 2.39. The molecule has 0 saturated carbocycles. The molecule has 1 N–H and O–H groups in total. The monoisotopic (exact) mass is 327 g/mol. The topological polar surface area (TPSA) is 62.4 Å². The van der Waals surface area contributed by atoms with Gasteiger partial charge in [-0.25, -0.2) is 4.39 Å². The van der Waals surface area contributed by atoms with Gasteiger partial charge in [0, 0.05) is 17.8 Å². The van der Waals surface area contributed by atoms with Crippen LogP contribution in [0.15, 0.2) is 53.1 Å². The molecule has 0 aliphatic rings. The smallest absolute Gasteiger partial charge is 0.246 e. The maximum atomic E-state index is 13.7. The van der Waals surface area contributed by atoms with Crippen molar-refractivity contribution in [3.63, 3.8) is 0 Å². The second-order valence-corrected chi connectivity index (χ2v) is 5.46. The number of aromatic nitrogens is 2. The zero-order valence-corrected chi connectivity index (χ0v) is 13.3. The lowest BCUT2D eigenvalue weighted by atomic mass is 10.1. The van der Waals surface area contributed by atoms with E-state index in [9.17, 15) is 9.50 Å². The summed E-state index contributed by atoms with van der Waals surface area (Å²) in [6.07, 6.45) is 0. The highest BCUT2D eigenvalue weighted by molar-refractivity contribution is 5.55. The third-order valence-corrected chi connectivity index (χ3v) is 3.72. The first-order valence-corrected chi connectivity index (χ1v) is 7.67. The summed E-state index contributed by atoms with van der Waals surface area (Å²) < 4.78 is 19.0. The van der Waals surface area contributed by atoms with E-state index in [1.54, 1.807) is 19.1 Å². The maximum absolute atomic E-state index is 13.7. The van der Waals surface area contributed by atoms with Crippen LogP contribution in [0.5, 0.6) is 0 Å². The van der Waals surface area contributed by atoms with Gasteiger partial charge in [0.15, 0.2) is 0 Å². The van der Waals surface area contributed by atoms with E-state index in [1.807, 2.05) is 35.2 Å². The zero-order chi connectivity index (χ0) is 16.9. The van der Waals surface area contributed by atoms with Crippen molar-refractivity contribution in [2.24, 2.45) is 0 Å². The molecule has 6 heteroatoms. The fraction of sp³-hybridized carbons (Fsp3) is 0.222. The first kappa shape index (κ1) is 16.1. The van der Waals surface area contributed by atoms with Crippen LogP contribution in [-0.2, 0) is 6.54 Å². The van der Waals surface area contributed by atoms with E-state index < -0.39 is 0 Å². The van der Waals surface area contributed by atoms with E-state index in [0.717, 1.165) is 5.69 Å². The Kier molecular flexibility index (Phi) is 4.86. The Bertz CT molecular complexity index is 805. The second kappa shape index (κ2) is 7.23. The molecule has 0 fully saturated rings. The number of halogens is 1. The molecule has 5 nitrogen and oxygen atoms in total. The Morgan fingerprint density at radius 1 is 1.17 bits per heavy atom. The van der Waals surface area contributed by atoms with E-state index in [-0.39, 0.29) is 12.4 Å². The van der Waals surface area contributed by atoms with Crippen LogP contribution in [0, 0.1) is 12.7 Å². The second-order valence-electron chi connectivity index (χ2n) is 5.46. The van der Waals surface area contributed by atoms with Crippen molar-refractivity contribution in [2.75, 3.05) is 18.1 Å². The van der Waals surface area contributed by atoms with Gasteiger partial charge < -0.3 is 14.5 Å². The number of rotatable bonds is 6. The normalized spacial score (nSPS) is 10.8. The lowest BCUT2D eigenvalue weighted by molar-refractivity contribution is 0.298. The summed E-state index contributed by atoms with van der Waals surface area (Å²) in [5, 5.41) is 13.2. The molecule has 3 aromatic rings. The van der Waals surface area contributed by atoms with Gasteiger partial charge in [0.1, 0.15) is 5.82 Å². The Hall–Kier alpha value is -2.73. The minimum atomic E-state index is -0.301. The number of aliphatic hydroxyl groups excluding tert-OH is 1. The summed E-state index contributed by atoms with van der Waals surface area (Å²) in [7, 11) is 0. The molecule has 0 amide bonds. The lowest BCUT2D eigenvalue weighted by Crippen LogP contribution is -2.26. The lowest BCUT2D eigenvalue weighted by Gasteiger charge is -2.21. The van der Waals surface area contributed by atoms with Crippen LogP contribution in [0.2, 0.25) is 0 Å². The number of anilines is 1. The third kappa shape index (κ3) is 3.60. The highest BCUT2D eigenvalue weighted by Gasteiger charge is 2.14. The Morgan fingerprint density at radius 3 is 2.67 bits per heavy atom. The first-order valence-electron chi connectivity index (χ1n) is 7.67. The molecule has 0 bridgehead atoms. The molecule has 1 heterocycles. The largest absolute Gasteiger partial charge is 0.395 e. The van der Waals surface area contributed by atoms with Crippen molar-refractivity contribution in [3.8, 4) is 11.4 Å². The fourth-order valence-electron chi connectivity index (χ4n) is 2.39. The minimum Gasteiger partial charge on any atom is -0.395 e. The molecule has 0 spiro atoms. The summed E-state index contributed by atoms with van der Waals surface area (Å²) in [5.41, 5.74) is 2.09. The maximum Gasteiger partial charge on any atom is 0.246 e. The van der Waals surface area contributed by atoms with Gasteiger partial charge in [-0.3, -0.25) is 0 Å². The molecule has 3 rings (SSSR count). The van der Waals surface area contributed by atoms with Crippen molar-refractivity contribution in [2.45, 2.75) is 13.5 Å². The van der Waals surface area contributed by atoms with Gasteiger partial charge in [0.2, 0.25) is 11.7 Å². The van der Waals surface area contributed by atoms with Crippen LogP contribution >= 0.6 is 0 Å². The average molecular weight is 327 g/mol. The number of nitrogens with zero attached hydrogens (tertiary/aromatic N) is 3. The van der Waals surface area contributed by atoms with Gasteiger partial charge >= 0.3 is 0 Å². The van der Waals surface area contributed by atoms with Crippen LogP contribution in [-0.4, -0.2) is 28.4 Å². The minimum absolute atomic E-state index is 0.0130. The average Bonchev–Trinajstić information content (AvgIpc) is 3.06. The third-order valence-electron chi connectivity index (χ3n) is 3.72. The molecule has 0 aliphatic carbocycles. The summed E-state index contributed by atoms with van der Waals surface area (Å²) in [6.45, 7) is 2.53. The van der Waals surface area contributed by atoms with Crippen molar-refractivity contribution in [1.29, 1.82) is 0 Å². The van der Waals surface area contributed by atoms with Crippen molar-refractivity contribution in [1.82, 2.24) is 10.1 Å². The van der Waals surface area contributed by atoms with Crippen LogP contribution in [0.4, 0.5) is 10.1 Å². The quantitative estimate of drug-likeness (QED) is 0.753. The molecular weight excluding hydrogens is 309 g/mol. The molecule has 0 saturated heterocycles. The summed E-state index contributed by atoms with van der Waals surface area (Å²) in [4.78, 5) is 6.27. The Labute approximate surface area is 139 Å². The zero-order valence-electron chi connectivity index (χ0n) is 13.3. The molecule has 2 aromatic carbocycles. The van der Waals surface area contributed by atoms with Crippen LogP contribution in [0.1, 0.15) is 11.5 Å². The van der Waals surface area contributed by atoms with Crippen molar-refractivity contribution < 1.29 is 14.0 Å². The van der Waals surface area contributed by atoms with Gasteiger partial charge in [-0.2, -0.15) is 4.98 Å². The molecule has 124 valence electrons. The molecule has 0 atom stereocenters. The van der Waals surface area contributed by atoms with Gasteiger partial charge in [0.05, 0.1) is 13.2 Å². The molecule has 0 unspecified atom stereocenters. The van der Waals surface area contributed by atoms with E-state index >= 15 is 0 Å². The molecular formula is C18H18FN3O2. The van der Waals surface area contributed by atoms with Gasteiger partial charge in [0.25, 0.3) is 0 Å². The SMILES string of the molecule is Cc1ccc(-c2noc(CN(CCO)c3ccccc3)n2)cc1F. The number of para-hydroxylation sites is 1. The number of benzene rings is 2. The Balaban J connectivity index is 1.80. The van der Waals surface area contributed by atoms with Crippen LogP contribution in [0.25, 0.3) is 11.4 Å². The number of hydrogen-bond acceptors (Lipinski definition) is 5. The summed E-state index contributed by atoms with van der Waals surface area (Å²) >= 11 is 0. The first-order chi connectivity index (χ1) is 11.7. The predicted octanol–water partition coefficient (Wildman–Crippen LogP) is 3.18. The van der Waals surface area contributed by atoms with Gasteiger partial charge in [-0.15, -0.1) is 0 Å². The molecule has 0 aliphatic heterocycles. The number of hydrogen-bond donors (Lipinski definition) is 1. The van der Waals surface area contributed by atoms with E-state index in [0.29, 0.717) is 35.9 Å². The van der Waals surface area contributed by atoms with E-state index in [4.69, 9.17) is 4.52 Å².